The van der Waals surface area contributed by atoms with Gasteiger partial charge in [-0.25, -0.2) is 0 Å². The molecule has 0 aromatic rings. The summed E-state index contributed by atoms with van der Waals surface area (Å²) in [5, 5.41) is 3.30. The molecule has 8 heavy (non-hydrogen) atoms. The van der Waals surface area contributed by atoms with Crippen molar-refractivity contribution in [2.45, 2.75) is 32.2 Å². The Morgan fingerprint density at radius 2 is 2.25 bits per heavy atom. The zero-order chi connectivity index (χ0) is 5.98. The van der Waals surface area contributed by atoms with Gasteiger partial charge in [0.25, 0.3) is 0 Å². The Kier molecular flexibility index (Phi) is 1.90. The molecule has 1 heteroatoms. The highest BCUT2D eigenvalue weighted by molar-refractivity contribution is 4.84. The van der Waals surface area contributed by atoms with Gasteiger partial charge in [-0.1, -0.05) is 13.3 Å². The molecule has 0 aromatic heterocycles. The Morgan fingerprint density at radius 1 is 1.50 bits per heavy atom. The summed E-state index contributed by atoms with van der Waals surface area (Å²) in [5.74, 6) is 0.986. The van der Waals surface area contributed by atoms with E-state index in [0.717, 1.165) is 12.0 Å². The van der Waals surface area contributed by atoms with Crippen LogP contribution >= 0.6 is 0 Å². The fourth-order valence-electron chi connectivity index (χ4n) is 1.44. The van der Waals surface area contributed by atoms with Crippen LogP contribution in [0.1, 0.15) is 26.2 Å². The third kappa shape index (κ3) is 0.873. The highest BCUT2D eigenvalue weighted by Crippen LogP contribution is 2.29. The van der Waals surface area contributed by atoms with Crippen LogP contribution in [-0.2, 0) is 0 Å². The van der Waals surface area contributed by atoms with E-state index in [1.54, 1.807) is 0 Å². The maximum atomic E-state index is 3.30. The van der Waals surface area contributed by atoms with Gasteiger partial charge in [0.2, 0.25) is 0 Å². The fraction of sp³-hybridized carbons (Fsp3) is 1.00. The largest absolute Gasteiger partial charge is 0.317 e. The summed E-state index contributed by atoms with van der Waals surface area (Å²) in [7, 11) is 2.06. The molecule has 2 atom stereocenters. The predicted octanol–water partition coefficient (Wildman–Crippen LogP) is 1.39. The molecule has 0 aliphatic heterocycles. The minimum absolute atomic E-state index is 0.847. The van der Waals surface area contributed by atoms with Crippen LogP contribution in [0, 0.1) is 5.92 Å². The van der Waals surface area contributed by atoms with Gasteiger partial charge in [-0.3, -0.25) is 0 Å². The summed E-state index contributed by atoms with van der Waals surface area (Å²) >= 11 is 0. The SMILES string of the molecule is CC[C@H]1CC[C@H]1NC. The standard InChI is InChI=1S/C7H15N/c1-3-6-4-5-7(6)8-2/h6-8H,3-5H2,1-2H3/t6-,7+/m0/s1. The quantitative estimate of drug-likeness (QED) is 0.570. The van der Waals surface area contributed by atoms with Crippen molar-refractivity contribution >= 4 is 0 Å². The molecule has 48 valence electrons. The first-order valence-electron chi connectivity index (χ1n) is 3.55. The van der Waals surface area contributed by atoms with E-state index >= 15 is 0 Å². The summed E-state index contributed by atoms with van der Waals surface area (Å²) < 4.78 is 0. The summed E-state index contributed by atoms with van der Waals surface area (Å²) in [4.78, 5) is 0. The van der Waals surface area contributed by atoms with E-state index in [9.17, 15) is 0 Å². The van der Waals surface area contributed by atoms with Crippen LogP contribution in [0.15, 0.2) is 0 Å². The molecule has 1 nitrogen and oxygen atoms in total. The van der Waals surface area contributed by atoms with Crippen LogP contribution in [0.5, 0.6) is 0 Å². The molecule has 0 aromatic carbocycles. The van der Waals surface area contributed by atoms with Crippen molar-refractivity contribution in [1.82, 2.24) is 5.32 Å². The smallest absolute Gasteiger partial charge is 0.00923 e. The van der Waals surface area contributed by atoms with Gasteiger partial charge in [0.1, 0.15) is 0 Å². The lowest BCUT2D eigenvalue weighted by Crippen LogP contribution is -2.41. The zero-order valence-electron chi connectivity index (χ0n) is 5.78. The first-order valence-corrected chi connectivity index (χ1v) is 3.55. The molecule has 1 aliphatic rings. The Hall–Kier alpha value is -0.0400. The van der Waals surface area contributed by atoms with Crippen LogP contribution in [0.4, 0.5) is 0 Å². The predicted molar refractivity (Wildman–Crippen MR) is 35.9 cm³/mol. The third-order valence-electron chi connectivity index (χ3n) is 2.31. The maximum absolute atomic E-state index is 3.30. The van der Waals surface area contributed by atoms with E-state index in [1.807, 2.05) is 0 Å². The highest BCUT2D eigenvalue weighted by Gasteiger charge is 2.26. The van der Waals surface area contributed by atoms with Crippen LogP contribution in [0.2, 0.25) is 0 Å². The Labute approximate surface area is 51.5 Å². The van der Waals surface area contributed by atoms with E-state index in [4.69, 9.17) is 0 Å². The molecule has 0 amide bonds. The second-order valence-corrected chi connectivity index (χ2v) is 2.64. The van der Waals surface area contributed by atoms with Gasteiger partial charge in [-0.15, -0.1) is 0 Å². The van der Waals surface area contributed by atoms with Gasteiger partial charge >= 0.3 is 0 Å². The molecule has 1 rings (SSSR count). The van der Waals surface area contributed by atoms with Crippen LogP contribution in [-0.4, -0.2) is 13.1 Å². The lowest BCUT2D eigenvalue weighted by molar-refractivity contribution is 0.215. The Balaban J connectivity index is 2.16. The second kappa shape index (κ2) is 2.49. The molecular formula is C7H15N. The average Bonchev–Trinajstić information content (AvgIpc) is 1.66. The van der Waals surface area contributed by atoms with Crippen LogP contribution < -0.4 is 5.32 Å². The Morgan fingerprint density at radius 3 is 2.38 bits per heavy atom. The summed E-state index contributed by atoms with van der Waals surface area (Å²) in [5.41, 5.74) is 0. The van der Waals surface area contributed by atoms with Crippen LogP contribution in [0.3, 0.4) is 0 Å². The molecular weight excluding hydrogens is 98.1 g/mol. The van der Waals surface area contributed by atoms with Crippen molar-refractivity contribution in [3.8, 4) is 0 Å². The molecule has 0 heterocycles. The van der Waals surface area contributed by atoms with E-state index in [2.05, 4.69) is 19.3 Å². The molecule has 0 unspecified atom stereocenters. The van der Waals surface area contributed by atoms with Crippen molar-refractivity contribution < 1.29 is 0 Å². The topological polar surface area (TPSA) is 12.0 Å². The number of hydrogen-bond acceptors (Lipinski definition) is 1. The summed E-state index contributed by atoms with van der Waals surface area (Å²) in [6.07, 6.45) is 4.20. The Bertz CT molecular complexity index is 56.8. The van der Waals surface area contributed by atoms with Crippen molar-refractivity contribution in [3.05, 3.63) is 0 Å². The monoisotopic (exact) mass is 113 g/mol. The van der Waals surface area contributed by atoms with Gasteiger partial charge in [-0.05, 0) is 25.8 Å². The van der Waals surface area contributed by atoms with Gasteiger partial charge < -0.3 is 5.32 Å². The van der Waals surface area contributed by atoms with Crippen molar-refractivity contribution in [1.29, 1.82) is 0 Å². The summed E-state index contributed by atoms with van der Waals surface area (Å²) in [6, 6.07) is 0.847. The molecule has 0 spiro atoms. The normalized spacial score (nSPS) is 36.8. The van der Waals surface area contributed by atoms with E-state index in [-0.39, 0.29) is 0 Å². The molecule has 1 fully saturated rings. The minimum atomic E-state index is 0.847. The van der Waals surface area contributed by atoms with Crippen molar-refractivity contribution in [2.75, 3.05) is 7.05 Å². The minimum Gasteiger partial charge on any atom is -0.317 e. The zero-order valence-corrected chi connectivity index (χ0v) is 5.78. The first kappa shape index (κ1) is 6.09. The molecule has 0 radical (unpaired) electrons. The van der Waals surface area contributed by atoms with Gasteiger partial charge in [0, 0.05) is 6.04 Å². The van der Waals surface area contributed by atoms with Gasteiger partial charge in [0.15, 0.2) is 0 Å². The fourth-order valence-corrected chi connectivity index (χ4v) is 1.44. The summed E-state index contributed by atoms with van der Waals surface area (Å²) in [6.45, 7) is 2.27. The van der Waals surface area contributed by atoms with Gasteiger partial charge in [0.05, 0.1) is 0 Å². The van der Waals surface area contributed by atoms with E-state index in [0.29, 0.717) is 0 Å². The maximum Gasteiger partial charge on any atom is 0.00923 e. The molecule has 1 saturated carbocycles. The lowest BCUT2D eigenvalue weighted by Gasteiger charge is -2.35. The molecule has 0 bridgehead atoms. The number of rotatable bonds is 2. The average molecular weight is 113 g/mol. The van der Waals surface area contributed by atoms with Crippen molar-refractivity contribution in [3.63, 3.8) is 0 Å². The van der Waals surface area contributed by atoms with Crippen LogP contribution in [0.25, 0.3) is 0 Å². The van der Waals surface area contributed by atoms with E-state index in [1.165, 1.54) is 19.3 Å². The van der Waals surface area contributed by atoms with Gasteiger partial charge in [-0.2, -0.15) is 0 Å². The molecule has 1 aliphatic carbocycles. The number of nitrogens with one attached hydrogen (secondary N) is 1. The lowest BCUT2D eigenvalue weighted by atomic mass is 9.78. The number of hydrogen-bond donors (Lipinski definition) is 1. The highest BCUT2D eigenvalue weighted by atomic mass is 14.9. The van der Waals surface area contributed by atoms with Crippen molar-refractivity contribution in [2.24, 2.45) is 5.92 Å². The molecule has 0 saturated heterocycles. The third-order valence-corrected chi connectivity index (χ3v) is 2.31. The molecule has 1 N–H and O–H groups in total. The second-order valence-electron chi connectivity index (χ2n) is 2.64. The van der Waals surface area contributed by atoms with E-state index < -0.39 is 0 Å². The first-order chi connectivity index (χ1) is 3.88.